The number of hydrogen-bond acceptors (Lipinski definition) is 3. The molecule has 0 N–H and O–H groups in total. The van der Waals surface area contributed by atoms with Gasteiger partial charge in [-0.1, -0.05) is 72.9 Å². The highest BCUT2D eigenvalue weighted by Crippen LogP contribution is 2.23. The summed E-state index contributed by atoms with van der Waals surface area (Å²) in [6.45, 7) is 0. The average molecular weight is 358 g/mol. The molecule has 1 aromatic heterocycles. The first kappa shape index (κ1) is 16.4. The average Bonchev–Trinajstić information content (AvgIpc) is 2.68. The SMILES string of the molecule is Clc1nc(/C=C/C=C2/C=CC=CC2)nc(-c2ccc3ccccc3c2)n1. The second-order valence-corrected chi connectivity index (χ2v) is 6.28. The summed E-state index contributed by atoms with van der Waals surface area (Å²) in [4.78, 5) is 13.0. The maximum atomic E-state index is 6.11. The number of fused-ring (bicyclic) bond motifs is 1. The van der Waals surface area contributed by atoms with Crippen LogP contribution in [-0.2, 0) is 0 Å². The van der Waals surface area contributed by atoms with Gasteiger partial charge in [0.15, 0.2) is 11.6 Å². The number of aromatic nitrogens is 3. The molecule has 0 saturated carbocycles. The molecule has 3 nitrogen and oxygen atoms in total. The summed E-state index contributed by atoms with van der Waals surface area (Å²) < 4.78 is 0. The van der Waals surface area contributed by atoms with Gasteiger partial charge in [-0.15, -0.1) is 0 Å². The number of benzene rings is 2. The van der Waals surface area contributed by atoms with Crippen LogP contribution in [0.1, 0.15) is 12.2 Å². The zero-order valence-corrected chi connectivity index (χ0v) is 14.8. The Morgan fingerprint density at radius 1 is 0.923 bits per heavy atom. The molecule has 4 rings (SSSR count). The van der Waals surface area contributed by atoms with E-state index in [-0.39, 0.29) is 5.28 Å². The lowest BCUT2D eigenvalue weighted by molar-refractivity contribution is 1.04. The van der Waals surface area contributed by atoms with Gasteiger partial charge in [-0.2, -0.15) is 9.97 Å². The van der Waals surface area contributed by atoms with E-state index in [0.29, 0.717) is 11.6 Å². The van der Waals surface area contributed by atoms with Crippen molar-refractivity contribution in [1.82, 2.24) is 15.0 Å². The van der Waals surface area contributed by atoms with E-state index < -0.39 is 0 Å². The van der Waals surface area contributed by atoms with E-state index in [4.69, 9.17) is 11.6 Å². The van der Waals surface area contributed by atoms with Gasteiger partial charge in [-0.25, -0.2) is 4.98 Å². The topological polar surface area (TPSA) is 38.7 Å². The van der Waals surface area contributed by atoms with E-state index >= 15 is 0 Å². The molecule has 0 spiro atoms. The first-order chi connectivity index (χ1) is 12.8. The summed E-state index contributed by atoms with van der Waals surface area (Å²) in [6.07, 6.45) is 15.0. The van der Waals surface area contributed by atoms with Gasteiger partial charge in [0, 0.05) is 5.56 Å². The lowest BCUT2D eigenvalue weighted by atomic mass is 10.1. The zero-order valence-electron chi connectivity index (χ0n) is 14.0. The van der Waals surface area contributed by atoms with Crippen LogP contribution in [0.25, 0.3) is 28.2 Å². The molecule has 1 aliphatic rings. The predicted octanol–water partition coefficient (Wildman–Crippen LogP) is 5.80. The minimum absolute atomic E-state index is 0.191. The maximum absolute atomic E-state index is 6.11. The Kier molecular flexibility index (Phi) is 4.71. The van der Waals surface area contributed by atoms with Gasteiger partial charge in [0.05, 0.1) is 0 Å². The molecule has 0 atom stereocenters. The van der Waals surface area contributed by atoms with Crippen molar-refractivity contribution in [2.75, 3.05) is 0 Å². The Labute approximate surface area is 157 Å². The molecule has 2 aromatic carbocycles. The Balaban J connectivity index is 1.65. The molecule has 0 fully saturated rings. The minimum atomic E-state index is 0.191. The quantitative estimate of drug-likeness (QED) is 0.594. The third-order valence-corrected chi connectivity index (χ3v) is 4.27. The smallest absolute Gasteiger partial charge is 0.209 e. The van der Waals surface area contributed by atoms with Crippen LogP contribution in [0.5, 0.6) is 0 Å². The normalized spacial score (nSPS) is 15.3. The summed E-state index contributed by atoms with van der Waals surface area (Å²) in [5, 5.41) is 2.51. The highest BCUT2D eigenvalue weighted by atomic mass is 35.5. The molecule has 3 aromatic rings. The molecule has 1 heterocycles. The second-order valence-electron chi connectivity index (χ2n) is 5.94. The van der Waals surface area contributed by atoms with Crippen LogP contribution < -0.4 is 0 Å². The summed E-state index contributed by atoms with van der Waals surface area (Å²) in [5.74, 6) is 1.11. The number of allylic oxidation sites excluding steroid dienone is 7. The van der Waals surface area contributed by atoms with Crippen molar-refractivity contribution >= 4 is 28.4 Å². The van der Waals surface area contributed by atoms with Gasteiger partial charge in [0.2, 0.25) is 5.28 Å². The van der Waals surface area contributed by atoms with Crippen LogP contribution in [0.4, 0.5) is 0 Å². The van der Waals surface area contributed by atoms with Crippen molar-refractivity contribution < 1.29 is 0 Å². The van der Waals surface area contributed by atoms with Crippen molar-refractivity contribution in [1.29, 1.82) is 0 Å². The molecular weight excluding hydrogens is 342 g/mol. The Morgan fingerprint density at radius 2 is 1.81 bits per heavy atom. The fourth-order valence-corrected chi connectivity index (χ4v) is 2.98. The van der Waals surface area contributed by atoms with E-state index in [1.165, 1.54) is 11.0 Å². The van der Waals surface area contributed by atoms with Gasteiger partial charge in [-0.3, -0.25) is 0 Å². The molecular formula is C22H16ClN3. The largest absolute Gasteiger partial charge is 0.226 e. The van der Waals surface area contributed by atoms with Crippen molar-refractivity contribution in [3.05, 3.63) is 95.6 Å². The zero-order chi connectivity index (χ0) is 17.8. The lowest BCUT2D eigenvalue weighted by Gasteiger charge is -2.04. The highest BCUT2D eigenvalue weighted by molar-refractivity contribution is 6.28. The predicted molar refractivity (Wildman–Crippen MR) is 108 cm³/mol. The van der Waals surface area contributed by atoms with Crippen molar-refractivity contribution in [2.24, 2.45) is 0 Å². The van der Waals surface area contributed by atoms with E-state index in [2.05, 4.69) is 51.4 Å². The molecule has 0 aliphatic heterocycles. The van der Waals surface area contributed by atoms with Crippen LogP contribution in [-0.4, -0.2) is 15.0 Å². The first-order valence-corrected chi connectivity index (χ1v) is 8.77. The standard InChI is InChI=1S/C22H16ClN3/c23-22-25-20(12-6-9-16-7-2-1-3-8-16)24-21(26-22)19-14-13-17-10-4-5-11-18(17)15-19/h1-7,9-15H,8H2/b12-6+,16-9-. The Bertz CT molecular complexity index is 1080. The van der Waals surface area contributed by atoms with Crippen molar-refractivity contribution in [3.8, 4) is 11.4 Å². The maximum Gasteiger partial charge on any atom is 0.226 e. The fraction of sp³-hybridized carbons (Fsp3) is 0.0455. The van der Waals surface area contributed by atoms with Gasteiger partial charge >= 0.3 is 0 Å². The molecule has 0 saturated heterocycles. The molecule has 0 bridgehead atoms. The second kappa shape index (κ2) is 7.46. The van der Waals surface area contributed by atoms with E-state index in [0.717, 1.165) is 17.4 Å². The highest BCUT2D eigenvalue weighted by Gasteiger charge is 2.06. The number of nitrogens with zero attached hydrogens (tertiary/aromatic N) is 3. The summed E-state index contributed by atoms with van der Waals surface area (Å²) >= 11 is 6.11. The molecule has 126 valence electrons. The fourth-order valence-electron chi connectivity index (χ4n) is 2.81. The van der Waals surface area contributed by atoms with E-state index in [1.807, 2.05) is 48.6 Å². The number of rotatable bonds is 3. The van der Waals surface area contributed by atoms with Gasteiger partial charge in [0.1, 0.15) is 0 Å². The van der Waals surface area contributed by atoms with Crippen LogP contribution in [0.2, 0.25) is 5.28 Å². The Morgan fingerprint density at radius 3 is 2.65 bits per heavy atom. The number of halogens is 1. The van der Waals surface area contributed by atoms with Crippen LogP contribution >= 0.6 is 11.6 Å². The van der Waals surface area contributed by atoms with Gasteiger partial charge in [0.25, 0.3) is 0 Å². The summed E-state index contributed by atoms with van der Waals surface area (Å²) in [7, 11) is 0. The molecule has 26 heavy (non-hydrogen) atoms. The van der Waals surface area contributed by atoms with Crippen LogP contribution in [0.15, 0.2) is 84.5 Å². The van der Waals surface area contributed by atoms with Crippen LogP contribution in [0.3, 0.4) is 0 Å². The molecule has 4 heteroatoms. The van der Waals surface area contributed by atoms with Crippen molar-refractivity contribution in [3.63, 3.8) is 0 Å². The minimum Gasteiger partial charge on any atom is -0.209 e. The van der Waals surface area contributed by atoms with Crippen LogP contribution in [0, 0.1) is 0 Å². The van der Waals surface area contributed by atoms with E-state index in [1.54, 1.807) is 0 Å². The first-order valence-electron chi connectivity index (χ1n) is 8.39. The monoisotopic (exact) mass is 357 g/mol. The molecule has 0 amide bonds. The van der Waals surface area contributed by atoms with Gasteiger partial charge in [-0.05, 0) is 46.5 Å². The van der Waals surface area contributed by atoms with Crippen molar-refractivity contribution in [2.45, 2.75) is 6.42 Å². The molecule has 1 aliphatic carbocycles. The Hall–Kier alpha value is -3.04. The summed E-state index contributed by atoms with van der Waals surface area (Å²) in [6, 6.07) is 14.3. The summed E-state index contributed by atoms with van der Waals surface area (Å²) in [5.41, 5.74) is 2.15. The number of hydrogen-bond donors (Lipinski definition) is 0. The van der Waals surface area contributed by atoms with Gasteiger partial charge < -0.3 is 0 Å². The van der Waals surface area contributed by atoms with E-state index in [9.17, 15) is 0 Å². The molecule has 0 radical (unpaired) electrons. The third-order valence-electron chi connectivity index (χ3n) is 4.10. The molecule has 0 unspecified atom stereocenters. The third kappa shape index (κ3) is 3.79. The lowest BCUT2D eigenvalue weighted by Crippen LogP contribution is -1.96.